The van der Waals surface area contributed by atoms with Crippen molar-refractivity contribution in [2.45, 2.75) is 20.0 Å². The minimum absolute atomic E-state index is 0.0128. The number of aromatic nitrogens is 2. The van der Waals surface area contributed by atoms with Crippen LogP contribution in [-0.4, -0.2) is 27.1 Å². The average Bonchev–Trinajstić information content (AvgIpc) is 2.92. The van der Waals surface area contributed by atoms with Crippen LogP contribution in [-0.2, 0) is 13.1 Å². The molecule has 21 heavy (non-hydrogen) atoms. The first-order valence-electron chi connectivity index (χ1n) is 6.16. The fourth-order valence-corrected chi connectivity index (χ4v) is 2.29. The molecule has 2 aromatic heterocycles. The molecule has 2 aromatic rings. The van der Waals surface area contributed by atoms with Crippen molar-refractivity contribution in [3.63, 3.8) is 0 Å². The predicted octanol–water partition coefficient (Wildman–Crippen LogP) is 1.54. The molecule has 0 unspecified atom stereocenters. The molecule has 0 saturated carbocycles. The van der Waals surface area contributed by atoms with Crippen molar-refractivity contribution in [3.05, 3.63) is 45.7 Å². The van der Waals surface area contributed by atoms with Gasteiger partial charge >= 0.3 is 12.0 Å². The molecular weight excluding hydrogens is 292 g/mol. The van der Waals surface area contributed by atoms with Gasteiger partial charge in [0.15, 0.2) is 5.69 Å². The number of hydrogen-bond acceptors (Lipinski definition) is 5. The summed E-state index contributed by atoms with van der Waals surface area (Å²) in [7, 11) is 0. The SMILES string of the molecule is Cc1cccc(CNC(=O)NCc2nc(C(=O)O)cs2)n1. The summed E-state index contributed by atoms with van der Waals surface area (Å²) in [6.07, 6.45) is 0. The van der Waals surface area contributed by atoms with Crippen LogP contribution < -0.4 is 10.6 Å². The van der Waals surface area contributed by atoms with Crippen molar-refractivity contribution in [2.75, 3.05) is 0 Å². The molecule has 2 heterocycles. The second-order valence-electron chi connectivity index (χ2n) is 4.24. The third-order valence-electron chi connectivity index (χ3n) is 2.55. The minimum atomic E-state index is -1.08. The van der Waals surface area contributed by atoms with Gasteiger partial charge in [0.25, 0.3) is 0 Å². The largest absolute Gasteiger partial charge is 0.476 e. The summed E-state index contributed by atoms with van der Waals surface area (Å²) < 4.78 is 0. The van der Waals surface area contributed by atoms with Crippen molar-refractivity contribution < 1.29 is 14.7 Å². The highest BCUT2D eigenvalue weighted by atomic mass is 32.1. The van der Waals surface area contributed by atoms with E-state index < -0.39 is 5.97 Å². The van der Waals surface area contributed by atoms with Gasteiger partial charge in [0.1, 0.15) is 5.01 Å². The fraction of sp³-hybridized carbons (Fsp3) is 0.231. The summed E-state index contributed by atoms with van der Waals surface area (Å²) in [5.74, 6) is -1.08. The second-order valence-corrected chi connectivity index (χ2v) is 5.18. The maximum atomic E-state index is 11.6. The Morgan fingerprint density at radius 2 is 2.00 bits per heavy atom. The number of pyridine rings is 1. The first kappa shape index (κ1) is 14.9. The highest BCUT2D eigenvalue weighted by Gasteiger charge is 2.09. The van der Waals surface area contributed by atoms with Gasteiger partial charge < -0.3 is 15.7 Å². The van der Waals surface area contributed by atoms with E-state index in [1.165, 1.54) is 16.7 Å². The lowest BCUT2D eigenvalue weighted by Gasteiger charge is -2.06. The molecule has 0 atom stereocenters. The number of nitrogens with zero attached hydrogens (tertiary/aromatic N) is 2. The van der Waals surface area contributed by atoms with Gasteiger partial charge in [0, 0.05) is 11.1 Å². The van der Waals surface area contributed by atoms with Gasteiger partial charge in [-0.15, -0.1) is 11.3 Å². The van der Waals surface area contributed by atoms with Crippen LogP contribution in [0.2, 0.25) is 0 Å². The van der Waals surface area contributed by atoms with Crippen LogP contribution in [0.5, 0.6) is 0 Å². The number of rotatable bonds is 5. The van der Waals surface area contributed by atoms with Gasteiger partial charge in [-0.2, -0.15) is 0 Å². The van der Waals surface area contributed by atoms with Crippen molar-refractivity contribution in [1.29, 1.82) is 0 Å². The van der Waals surface area contributed by atoms with E-state index in [4.69, 9.17) is 5.11 Å². The van der Waals surface area contributed by atoms with E-state index in [1.54, 1.807) is 0 Å². The van der Waals surface area contributed by atoms with Crippen molar-refractivity contribution >= 4 is 23.3 Å². The number of carboxylic acid groups (broad SMARTS) is 1. The molecular formula is C13H14N4O3S. The zero-order valence-corrected chi connectivity index (χ0v) is 12.1. The lowest BCUT2D eigenvalue weighted by molar-refractivity contribution is 0.0691. The first-order chi connectivity index (χ1) is 10.0. The molecule has 0 spiro atoms. The monoisotopic (exact) mass is 306 g/mol. The molecule has 2 rings (SSSR count). The Kier molecular flexibility index (Phi) is 4.83. The summed E-state index contributed by atoms with van der Waals surface area (Å²) >= 11 is 1.19. The number of urea groups is 1. The molecule has 0 aliphatic carbocycles. The highest BCUT2D eigenvalue weighted by Crippen LogP contribution is 2.09. The van der Waals surface area contributed by atoms with Crippen LogP contribution >= 0.6 is 11.3 Å². The summed E-state index contributed by atoms with van der Waals surface area (Å²) in [4.78, 5) is 30.4. The molecule has 0 aromatic carbocycles. The number of carbonyl (C=O) groups excluding carboxylic acids is 1. The van der Waals surface area contributed by atoms with E-state index in [0.717, 1.165) is 11.4 Å². The molecule has 0 radical (unpaired) electrons. The Morgan fingerprint density at radius 1 is 1.24 bits per heavy atom. The first-order valence-corrected chi connectivity index (χ1v) is 7.04. The van der Waals surface area contributed by atoms with Gasteiger partial charge in [0.2, 0.25) is 0 Å². The zero-order chi connectivity index (χ0) is 15.2. The number of aromatic carboxylic acids is 1. The van der Waals surface area contributed by atoms with Crippen LogP contribution in [0.4, 0.5) is 4.79 Å². The molecule has 3 N–H and O–H groups in total. The smallest absolute Gasteiger partial charge is 0.355 e. The van der Waals surface area contributed by atoms with Crippen LogP contribution in [0.15, 0.2) is 23.6 Å². The lowest BCUT2D eigenvalue weighted by Crippen LogP contribution is -2.34. The summed E-state index contributed by atoms with van der Waals surface area (Å²) in [6, 6.07) is 5.23. The quantitative estimate of drug-likeness (QED) is 0.777. The van der Waals surface area contributed by atoms with Gasteiger partial charge in [-0.05, 0) is 19.1 Å². The van der Waals surface area contributed by atoms with Crippen LogP contribution in [0.1, 0.15) is 26.9 Å². The Labute approximate surface area is 125 Å². The van der Waals surface area contributed by atoms with E-state index in [2.05, 4.69) is 20.6 Å². The van der Waals surface area contributed by atoms with Crippen molar-refractivity contribution in [3.8, 4) is 0 Å². The standard InChI is InChI=1S/C13H14N4O3S/c1-8-3-2-4-9(16-8)5-14-13(20)15-6-11-17-10(7-21-11)12(18)19/h2-4,7H,5-6H2,1H3,(H,18,19)(H2,14,15,20). The number of hydrogen-bond donors (Lipinski definition) is 3. The van der Waals surface area contributed by atoms with Gasteiger partial charge in [-0.25, -0.2) is 14.6 Å². The van der Waals surface area contributed by atoms with Crippen LogP contribution in [0.25, 0.3) is 0 Å². The molecule has 0 fully saturated rings. The van der Waals surface area contributed by atoms with Gasteiger partial charge in [-0.3, -0.25) is 4.98 Å². The third-order valence-corrected chi connectivity index (χ3v) is 3.40. The van der Waals surface area contributed by atoms with E-state index >= 15 is 0 Å². The lowest BCUT2D eigenvalue weighted by atomic mass is 10.3. The number of nitrogens with one attached hydrogen (secondary N) is 2. The number of amides is 2. The maximum Gasteiger partial charge on any atom is 0.355 e. The van der Waals surface area contributed by atoms with E-state index in [1.807, 2.05) is 25.1 Å². The second kappa shape index (κ2) is 6.80. The minimum Gasteiger partial charge on any atom is -0.476 e. The third kappa shape index (κ3) is 4.53. The highest BCUT2D eigenvalue weighted by molar-refractivity contribution is 7.09. The predicted molar refractivity (Wildman–Crippen MR) is 77.1 cm³/mol. The summed E-state index contributed by atoms with van der Waals surface area (Å²) in [6.45, 7) is 2.39. The van der Waals surface area contributed by atoms with Gasteiger partial charge in [-0.1, -0.05) is 6.07 Å². The van der Waals surface area contributed by atoms with Crippen molar-refractivity contribution in [1.82, 2.24) is 20.6 Å². The summed E-state index contributed by atoms with van der Waals surface area (Å²) in [5.41, 5.74) is 1.65. The fourth-order valence-electron chi connectivity index (χ4n) is 1.58. The van der Waals surface area contributed by atoms with Crippen LogP contribution in [0, 0.1) is 6.92 Å². The number of thiazole rings is 1. The Morgan fingerprint density at radius 3 is 2.67 bits per heavy atom. The Bertz CT molecular complexity index is 656. The normalized spacial score (nSPS) is 10.1. The van der Waals surface area contributed by atoms with E-state index in [9.17, 15) is 9.59 Å². The molecule has 0 bridgehead atoms. The Balaban J connectivity index is 1.78. The molecule has 8 heteroatoms. The zero-order valence-electron chi connectivity index (χ0n) is 11.3. The Hall–Kier alpha value is -2.48. The van der Waals surface area contributed by atoms with E-state index in [-0.39, 0.29) is 18.3 Å². The maximum absolute atomic E-state index is 11.6. The molecule has 0 saturated heterocycles. The van der Waals surface area contributed by atoms with Crippen LogP contribution in [0.3, 0.4) is 0 Å². The topological polar surface area (TPSA) is 104 Å². The average molecular weight is 306 g/mol. The molecule has 110 valence electrons. The molecule has 0 aliphatic rings. The molecule has 7 nitrogen and oxygen atoms in total. The number of aryl methyl sites for hydroxylation is 1. The molecule has 2 amide bonds. The number of carboxylic acids is 1. The number of carbonyl (C=O) groups is 2. The van der Waals surface area contributed by atoms with Crippen molar-refractivity contribution in [2.24, 2.45) is 0 Å². The summed E-state index contributed by atoms with van der Waals surface area (Å²) in [5, 5.41) is 16.0. The van der Waals surface area contributed by atoms with Gasteiger partial charge in [0.05, 0.1) is 18.8 Å². The molecule has 0 aliphatic heterocycles. The van der Waals surface area contributed by atoms with E-state index in [0.29, 0.717) is 11.6 Å².